The van der Waals surface area contributed by atoms with Gasteiger partial charge in [0.05, 0.1) is 6.54 Å². The van der Waals surface area contributed by atoms with Gasteiger partial charge in [-0.3, -0.25) is 14.5 Å². The van der Waals surface area contributed by atoms with Gasteiger partial charge in [0.15, 0.2) is 0 Å². The van der Waals surface area contributed by atoms with E-state index in [4.69, 9.17) is 16.7 Å². The van der Waals surface area contributed by atoms with Crippen LogP contribution in [0.2, 0.25) is 5.02 Å². The first-order valence-electron chi connectivity index (χ1n) is 6.62. The summed E-state index contributed by atoms with van der Waals surface area (Å²) in [6, 6.07) is 7.79. The Labute approximate surface area is 132 Å². The molecule has 1 heterocycles. The molecule has 0 spiro atoms. The minimum atomic E-state index is -1.04. The number of hydrogen-bond donors (Lipinski definition) is 2. The fourth-order valence-corrected chi connectivity index (χ4v) is 3.52. The van der Waals surface area contributed by atoms with Crippen molar-refractivity contribution < 1.29 is 14.7 Å². The molecule has 1 atom stereocenters. The molecule has 21 heavy (non-hydrogen) atoms. The van der Waals surface area contributed by atoms with Crippen LogP contribution in [0.25, 0.3) is 0 Å². The quantitative estimate of drug-likeness (QED) is 0.859. The van der Waals surface area contributed by atoms with Crippen molar-refractivity contribution in [1.29, 1.82) is 0 Å². The van der Waals surface area contributed by atoms with Gasteiger partial charge >= 0.3 is 5.97 Å². The summed E-state index contributed by atoms with van der Waals surface area (Å²) in [5.74, 6) is 0.583. The highest BCUT2D eigenvalue weighted by molar-refractivity contribution is 7.99. The maximum absolute atomic E-state index is 11.8. The molecule has 0 bridgehead atoms. The highest BCUT2D eigenvalue weighted by Gasteiger charge is 2.26. The number of benzene rings is 1. The van der Waals surface area contributed by atoms with Crippen molar-refractivity contribution in [1.82, 2.24) is 10.2 Å². The first-order valence-corrected chi connectivity index (χ1v) is 8.15. The van der Waals surface area contributed by atoms with Gasteiger partial charge in [-0.05, 0) is 17.7 Å². The van der Waals surface area contributed by atoms with Crippen LogP contribution in [0.15, 0.2) is 24.3 Å². The predicted molar refractivity (Wildman–Crippen MR) is 83.7 cm³/mol. The van der Waals surface area contributed by atoms with Crippen LogP contribution in [0.3, 0.4) is 0 Å². The second kappa shape index (κ2) is 7.68. The van der Waals surface area contributed by atoms with Gasteiger partial charge in [0, 0.05) is 29.1 Å². The van der Waals surface area contributed by atoms with Crippen LogP contribution in [-0.2, 0) is 9.59 Å². The van der Waals surface area contributed by atoms with Gasteiger partial charge in [-0.15, -0.1) is 0 Å². The number of carboxylic acids is 1. The molecule has 1 unspecified atom stereocenters. The molecule has 2 rings (SSSR count). The third-order valence-electron chi connectivity index (χ3n) is 3.28. The zero-order chi connectivity index (χ0) is 15.2. The van der Waals surface area contributed by atoms with Crippen LogP contribution in [0.4, 0.5) is 0 Å². The Bertz CT molecular complexity index is 509. The normalized spacial score (nSPS) is 19.2. The molecule has 0 aromatic heterocycles. The van der Waals surface area contributed by atoms with Gasteiger partial charge < -0.3 is 10.4 Å². The standard InChI is InChI=1S/C14H17ClN2O3S/c15-11-3-1-10(2-4-11)12-9-21-6-5-17(12)8-13(18)16-7-14(19)20/h1-4,12H,5-9H2,(H,16,18)(H,19,20). The number of halogens is 1. The Hall–Kier alpha value is -1.24. The number of aliphatic carboxylic acids is 1. The number of thioether (sulfide) groups is 1. The average Bonchev–Trinajstić information content (AvgIpc) is 2.47. The lowest BCUT2D eigenvalue weighted by atomic mass is 10.1. The van der Waals surface area contributed by atoms with E-state index < -0.39 is 5.97 Å². The van der Waals surface area contributed by atoms with Crippen molar-refractivity contribution >= 4 is 35.2 Å². The van der Waals surface area contributed by atoms with Gasteiger partial charge in [0.2, 0.25) is 5.91 Å². The smallest absolute Gasteiger partial charge is 0.322 e. The van der Waals surface area contributed by atoms with E-state index in [1.165, 1.54) is 0 Å². The number of carbonyl (C=O) groups excluding carboxylic acids is 1. The van der Waals surface area contributed by atoms with Gasteiger partial charge in [-0.2, -0.15) is 11.8 Å². The van der Waals surface area contributed by atoms with Gasteiger partial charge in [-0.1, -0.05) is 23.7 Å². The molecule has 1 amide bonds. The number of hydrogen-bond acceptors (Lipinski definition) is 4. The lowest BCUT2D eigenvalue weighted by molar-refractivity contribution is -0.138. The van der Waals surface area contributed by atoms with E-state index in [0.717, 1.165) is 23.6 Å². The molecule has 1 aromatic carbocycles. The molecule has 1 saturated heterocycles. The van der Waals surface area contributed by atoms with E-state index in [0.29, 0.717) is 5.02 Å². The van der Waals surface area contributed by atoms with E-state index in [2.05, 4.69) is 10.2 Å². The van der Waals surface area contributed by atoms with Crippen molar-refractivity contribution in [3.8, 4) is 0 Å². The fourth-order valence-electron chi connectivity index (χ4n) is 2.23. The second-order valence-corrected chi connectivity index (χ2v) is 6.37. The Morgan fingerprint density at radius 1 is 1.38 bits per heavy atom. The summed E-state index contributed by atoms with van der Waals surface area (Å²) in [5, 5.41) is 11.7. The molecular weight excluding hydrogens is 312 g/mol. The summed E-state index contributed by atoms with van der Waals surface area (Å²) in [4.78, 5) is 24.4. The molecule has 2 N–H and O–H groups in total. The molecular formula is C14H17ClN2O3S. The lowest BCUT2D eigenvalue weighted by Crippen LogP contribution is -2.44. The minimum Gasteiger partial charge on any atom is -0.480 e. The summed E-state index contributed by atoms with van der Waals surface area (Å²) in [7, 11) is 0. The second-order valence-electron chi connectivity index (χ2n) is 4.78. The van der Waals surface area contributed by atoms with E-state index in [1.807, 2.05) is 36.0 Å². The molecule has 7 heteroatoms. The van der Waals surface area contributed by atoms with Crippen molar-refractivity contribution in [2.24, 2.45) is 0 Å². The Balaban J connectivity index is 2.00. The zero-order valence-electron chi connectivity index (χ0n) is 11.4. The maximum Gasteiger partial charge on any atom is 0.322 e. The molecule has 1 fully saturated rings. The minimum absolute atomic E-state index is 0.150. The van der Waals surface area contributed by atoms with Crippen molar-refractivity contribution in [2.45, 2.75) is 6.04 Å². The van der Waals surface area contributed by atoms with Crippen molar-refractivity contribution in [2.75, 3.05) is 31.1 Å². The summed E-state index contributed by atoms with van der Waals surface area (Å²) in [5.41, 5.74) is 1.12. The van der Waals surface area contributed by atoms with Crippen LogP contribution in [-0.4, -0.2) is 53.0 Å². The number of nitrogens with one attached hydrogen (secondary N) is 1. The third-order valence-corrected chi connectivity index (χ3v) is 4.55. The molecule has 0 aliphatic carbocycles. The lowest BCUT2D eigenvalue weighted by Gasteiger charge is -2.35. The van der Waals surface area contributed by atoms with Gasteiger partial charge in [0.1, 0.15) is 6.54 Å². The average molecular weight is 329 g/mol. The van der Waals surface area contributed by atoms with Crippen LogP contribution in [0, 0.1) is 0 Å². The summed E-state index contributed by atoms with van der Waals surface area (Å²) in [6.45, 7) is 0.673. The molecule has 1 aliphatic rings. The molecule has 1 aliphatic heterocycles. The number of carbonyl (C=O) groups is 2. The Kier molecular flexibility index (Phi) is 5.90. The van der Waals surface area contributed by atoms with Crippen LogP contribution < -0.4 is 5.32 Å². The fraction of sp³-hybridized carbons (Fsp3) is 0.429. The van der Waals surface area contributed by atoms with Crippen LogP contribution >= 0.6 is 23.4 Å². The number of carboxylic acid groups (broad SMARTS) is 1. The first kappa shape index (κ1) is 16.1. The number of rotatable bonds is 5. The maximum atomic E-state index is 11.8. The molecule has 114 valence electrons. The van der Waals surface area contributed by atoms with Crippen molar-refractivity contribution in [3.63, 3.8) is 0 Å². The SMILES string of the molecule is O=C(O)CNC(=O)CN1CCSCC1c1ccc(Cl)cc1. The molecule has 0 saturated carbocycles. The zero-order valence-corrected chi connectivity index (χ0v) is 13.0. The van der Waals surface area contributed by atoms with E-state index >= 15 is 0 Å². The Morgan fingerprint density at radius 3 is 2.76 bits per heavy atom. The van der Waals surface area contributed by atoms with E-state index in [9.17, 15) is 9.59 Å². The summed E-state index contributed by atoms with van der Waals surface area (Å²) in [6.07, 6.45) is 0. The molecule has 5 nitrogen and oxygen atoms in total. The van der Waals surface area contributed by atoms with Gasteiger partial charge in [0.25, 0.3) is 0 Å². The van der Waals surface area contributed by atoms with E-state index in [1.54, 1.807) is 0 Å². The molecule has 0 radical (unpaired) electrons. The van der Waals surface area contributed by atoms with Crippen LogP contribution in [0.5, 0.6) is 0 Å². The summed E-state index contributed by atoms with van der Waals surface area (Å²) < 4.78 is 0. The first-order chi connectivity index (χ1) is 10.1. The topological polar surface area (TPSA) is 69.6 Å². The van der Waals surface area contributed by atoms with Crippen molar-refractivity contribution in [3.05, 3.63) is 34.9 Å². The largest absolute Gasteiger partial charge is 0.480 e. The van der Waals surface area contributed by atoms with E-state index in [-0.39, 0.29) is 25.0 Å². The monoisotopic (exact) mass is 328 g/mol. The third kappa shape index (κ3) is 4.91. The van der Waals surface area contributed by atoms with Crippen LogP contribution in [0.1, 0.15) is 11.6 Å². The molecule has 1 aromatic rings. The van der Waals surface area contributed by atoms with Gasteiger partial charge in [-0.25, -0.2) is 0 Å². The highest BCUT2D eigenvalue weighted by Crippen LogP contribution is 2.29. The number of nitrogens with zero attached hydrogens (tertiary/aromatic N) is 1. The predicted octanol–water partition coefficient (Wildman–Crippen LogP) is 1.63. The summed E-state index contributed by atoms with van der Waals surface area (Å²) >= 11 is 7.75. The highest BCUT2D eigenvalue weighted by atomic mass is 35.5. The Morgan fingerprint density at radius 2 is 2.10 bits per heavy atom. The number of amides is 1.